The third kappa shape index (κ3) is 7.73. The Morgan fingerprint density at radius 3 is 2.46 bits per heavy atom. The monoisotopic (exact) mass is 538 g/mol. The van der Waals surface area contributed by atoms with Gasteiger partial charge in [0.15, 0.2) is 0 Å². The second-order valence-electron chi connectivity index (χ2n) is 9.50. The molecule has 0 amide bonds. The maximum atomic E-state index is 13.3. The zero-order valence-corrected chi connectivity index (χ0v) is 22.6. The van der Waals surface area contributed by atoms with Crippen molar-refractivity contribution in [1.29, 1.82) is 0 Å². The van der Waals surface area contributed by atoms with E-state index in [9.17, 15) is 19.7 Å². The molecule has 0 aliphatic carbocycles. The third-order valence-corrected chi connectivity index (χ3v) is 6.21. The Kier molecular flexibility index (Phi) is 10.3. The Bertz CT molecular complexity index is 1250. The van der Waals surface area contributed by atoms with Crippen LogP contribution in [0.3, 0.4) is 0 Å². The molecule has 2 unspecified atom stereocenters. The molecule has 0 bridgehead atoms. The first-order chi connectivity index (χ1) is 18.6. The molecular weight excluding hydrogens is 504 g/mol. The number of allylic oxidation sites excluding steroid dienone is 1. The second-order valence-corrected chi connectivity index (χ2v) is 9.50. The van der Waals surface area contributed by atoms with E-state index in [1.54, 1.807) is 33.8 Å². The second kappa shape index (κ2) is 13.7. The molecule has 0 aromatic heterocycles. The molecule has 1 N–H and O–H groups in total. The maximum absolute atomic E-state index is 13.3. The fourth-order valence-corrected chi connectivity index (χ4v) is 4.48. The van der Waals surface area contributed by atoms with Crippen molar-refractivity contribution in [3.8, 4) is 5.75 Å². The summed E-state index contributed by atoms with van der Waals surface area (Å²) in [5, 5.41) is 20.5. The van der Waals surface area contributed by atoms with Crippen LogP contribution in [-0.2, 0) is 25.5 Å². The van der Waals surface area contributed by atoms with Gasteiger partial charge in [0.2, 0.25) is 0 Å². The number of ether oxygens (including phenoxy) is 3. The van der Waals surface area contributed by atoms with Gasteiger partial charge in [0.25, 0.3) is 5.69 Å². The predicted molar refractivity (Wildman–Crippen MR) is 145 cm³/mol. The molecule has 10 heteroatoms. The van der Waals surface area contributed by atoms with Gasteiger partial charge < -0.3 is 19.3 Å². The van der Waals surface area contributed by atoms with E-state index in [1.165, 1.54) is 18.2 Å². The molecule has 1 aliphatic heterocycles. The lowest BCUT2D eigenvalue weighted by molar-refractivity contribution is -0.384. The number of nitro benzene ring substituents is 1. The van der Waals surface area contributed by atoms with Crippen molar-refractivity contribution < 1.29 is 33.8 Å². The predicted octanol–water partition coefficient (Wildman–Crippen LogP) is 4.54. The first kappa shape index (κ1) is 29.5. The Balaban J connectivity index is 1.77. The number of aliphatic hydroxyl groups excluding tert-OH is 1. The standard InChI is InChI=1S/C29H34N2O8/c1-18(2)39-29(34)26-20(4)30-19(3)25(27(26)22-7-5-8-23(17-22)31(35)36)28(33)38-16-6-15-37-24-11-9-21(10-12-24)13-14-32/h5,7-12,17-18,26-27,32H,6,13-16H2,1-4H3. The van der Waals surface area contributed by atoms with Crippen molar-refractivity contribution in [3.05, 3.63) is 81.0 Å². The topological polar surface area (TPSA) is 138 Å². The van der Waals surface area contributed by atoms with Gasteiger partial charge >= 0.3 is 11.9 Å². The van der Waals surface area contributed by atoms with E-state index in [1.807, 2.05) is 24.3 Å². The van der Waals surface area contributed by atoms with Gasteiger partial charge in [-0.15, -0.1) is 0 Å². The van der Waals surface area contributed by atoms with Crippen molar-refractivity contribution >= 4 is 23.3 Å². The summed E-state index contributed by atoms with van der Waals surface area (Å²) in [4.78, 5) is 41.9. The van der Waals surface area contributed by atoms with E-state index in [4.69, 9.17) is 19.3 Å². The summed E-state index contributed by atoms with van der Waals surface area (Å²) in [5.74, 6) is -2.38. The van der Waals surface area contributed by atoms with Crippen LogP contribution in [0.2, 0.25) is 0 Å². The minimum atomic E-state index is -0.946. The van der Waals surface area contributed by atoms with Crippen molar-refractivity contribution in [2.45, 2.75) is 52.6 Å². The van der Waals surface area contributed by atoms with Crippen LogP contribution in [0, 0.1) is 16.0 Å². The molecule has 0 spiro atoms. The van der Waals surface area contributed by atoms with E-state index in [2.05, 4.69) is 4.99 Å². The molecule has 2 aromatic carbocycles. The first-order valence-electron chi connectivity index (χ1n) is 12.8. The molecule has 0 radical (unpaired) electrons. The summed E-state index contributed by atoms with van der Waals surface area (Å²) in [7, 11) is 0. The van der Waals surface area contributed by atoms with Gasteiger partial charge in [-0.2, -0.15) is 0 Å². The largest absolute Gasteiger partial charge is 0.493 e. The third-order valence-electron chi connectivity index (χ3n) is 6.21. The number of hydrogen-bond donors (Lipinski definition) is 1. The van der Waals surface area contributed by atoms with Gasteiger partial charge in [0.1, 0.15) is 11.7 Å². The minimum absolute atomic E-state index is 0.0592. The van der Waals surface area contributed by atoms with Crippen LogP contribution in [-0.4, -0.2) is 53.6 Å². The van der Waals surface area contributed by atoms with E-state index in [-0.39, 0.29) is 24.5 Å². The quantitative estimate of drug-likeness (QED) is 0.180. The fourth-order valence-electron chi connectivity index (χ4n) is 4.48. The van der Waals surface area contributed by atoms with E-state index in [0.29, 0.717) is 42.2 Å². The lowest BCUT2D eigenvalue weighted by atomic mass is 9.75. The average Bonchev–Trinajstić information content (AvgIpc) is 2.88. The van der Waals surface area contributed by atoms with Gasteiger partial charge in [-0.25, -0.2) is 4.79 Å². The molecule has 1 heterocycles. The van der Waals surface area contributed by atoms with Gasteiger partial charge in [0.05, 0.1) is 29.8 Å². The lowest BCUT2D eigenvalue weighted by Gasteiger charge is -2.32. The summed E-state index contributed by atoms with van der Waals surface area (Å²) in [6, 6.07) is 13.3. The van der Waals surface area contributed by atoms with Crippen molar-refractivity contribution in [2.75, 3.05) is 19.8 Å². The Morgan fingerprint density at radius 2 is 1.82 bits per heavy atom. The van der Waals surface area contributed by atoms with Gasteiger partial charge in [-0.3, -0.25) is 19.9 Å². The van der Waals surface area contributed by atoms with Crippen LogP contribution in [0.15, 0.2) is 64.8 Å². The van der Waals surface area contributed by atoms with Crippen LogP contribution >= 0.6 is 0 Å². The molecule has 208 valence electrons. The highest BCUT2D eigenvalue weighted by atomic mass is 16.6. The highest BCUT2D eigenvalue weighted by molar-refractivity contribution is 6.07. The zero-order valence-electron chi connectivity index (χ0n) is 22.6. The smallest absolute Gasteiger partial charge is 0.336 e. The average molecular weight is 539 g/mol. The summed E-state index contributed by atoms with van der Waals surface area (Å²) in [5.41, 5.74) is 2.25. The zero-order chi connectivity index (χ0) is 28.5. The number of hydrogen-bond acceptors (Lipinski definition) is 9. The number of esters is 2. The van der Waals surface area contributed by atoms with Gasteiger partial charge in [-0.05, 0) is 57.4 Å². The highest BCUT2D eigenvalue weighted by Crippen LogP contribution is 2.41. The SMILES string of the molecule is CC1=NC(C)=C(C(=O)OCCCOc2ccc(CCO)cc2)C(c2cccc([N+](=O)[O-])c2)C1C(=O)OC(C)C. The van der Waals surface area contributed by atoms with Crippen LogP contribution in [0.4, 0.5) is 5.69 Å². The molecule has 10 nitrogen and oxygen atoms in total. The number of nitro groups is 1. The van der Waals surface area contributed by atoms with E-state index in [0.717, 1.165) is 5.56 Å². The van der Waals surface area contributed by atoms with Crippen LogP contribution in [0.5, 0.6) is 5.75 Å². The summed E-state index contributed by atoms with van der Waals surface area (Å²) in [6.07, 6.45) is 0.589. The number of carbonyl (C=O) groups excluding carboxylic acids is 2. The Hall–Kier alpha value is -4.05. The van der Waals surface area contributed by atoms with Crippen molar-refractivity contribution in [1.82, 2.24) is 0 Å². The number of rotatable bonds is 12. The summed E-state index contributed by atoms with van der Waals surface area (Å²) >= 11 is 0. The summed E-state index contributed by atoms with van der Waals surface area (Å²) < 4.78 is 16.7. The number of benzene rings is 2. The number of carbonyl (C=O) groups is 2. The number of aliphatic imine (C=N–C) groups is 1. The first-order valence-corrected chi connectivity index (χ1v) is 12.8. The maximum Gasteiger partial charge on any atom is 0.336 e. The normalized spacial score (nSPS) is 17.0. The molecule has 2 aromatic rings. The Labute approximate surface area is 227 Å². The number of aliphatic hydroxyl groups is 1. The molecular formula is C29H34N2O8. The number of nitrogens with zero attached hydrogens (tertiary/aromatic N) is 2. The molecule has 3 rings (SSSR count). The molecule has 0 fully saturated rings. The molecule has 1 aliphatic rings. The molecule has 2 atom stereocenters. The van der Waals surface area contributed by atoms with Crippen LogP contribution in [0.25, 0.3) is 0 Å². The molecule has 0 saturated heterocycles. The van der Waals surface area contributed by atoms with E-state index < -0.39 is 34.8 Å². The van der Waals surface area contributed by atoms with Crippen LogP contribution < -0.4 is 4.74 Å². The molecule has 0 saturated carbocycles. The van der Waals surface area contributed by atoms with Gasteiger partial charge in [-0.1, -0.05) is 24.3 Å². The lowest BCUT2D eigenvalue weighted by Crippen LogP contribution is -2.37. The molecule has 39 heavy (non-hydrogen) atoms. The minimum Gasteiger partial charge on any atom is -0.493 e. The van der Waals surface area contributed by atoms with Crippen LogP contribution in [0.1, 0.15) is 51.2 Å². The summed E-state index contributed by atoms with van der Waals surface area (Å²) in [6.45, 7) is 7.21. The number of non-ortho nitro benzene ring substituents is 1. The fraction of sp³-hybridized carbons (Fsp3) is 0.414. The van der Waals surface area contributed by atoms with E-state index >= 15 is 0 Å². The van der Waals surface area contributed by atoms with Crippen molar-refractivity contribution in [2.24, 2.45) is 10.9 Å². The van der Waals surface area contributed by atoms with Crippen molar-refractivity contribution in [3.63, 3.8) is 0 Å². The highest BCUT2D eigenvalue weighted by Gasteiger charge is 2.43. The Morgan fingerprint density at radius 1 is 1.10 bits per heavy atom. The van der Waals surface area contributed by atoms with Gasteiger partial charge in [0, 0.05) is 42.5 Å².